The predicted octanol–water partition coefficient (Wildman–Crippen LogP) is 6.89. The first-order valence-electron chi connectivity index (χ1n) is 21.1. The van der Waals surface area contributed by atoms with Crippen LogP contribution in [0.2, 0.25) is 0 Å². The van der Waals surface area contributed by atoms with Crippen LogP contribution >= 0.6 is 0 Å². The fourth-order valence-electron chi connectivity index (χ4n) is 10.8. The van der Waals surface area contributed by atoms with Gasteiger partial charge in [-0.2, -0.15) is 0 Å². The van der Waals surface area contributed by atoms with Gasteiger partial charge in [0.2, 0.25) is 0 Å². The number of halogens is 2. The van der Waals surface area contributed by atoms with E-state index in [4.69, 9.17) is 0 Å². The molecule has 0 bridgehead atoms. The monoisotopic (exact) mass is 917 g/mol. The topological polar surface area (TPSA) is 34.1 Å². The van der Waals surface area contributed by atoms with Crippen molar-refractivity contribution in [2.24, 2.45) is 0 Å². The zero-order valence-electron chi connectivity index (χ0n) is 36.4. The van der Waals surface area contributed by atoms with Crippen molar-refractivity contribution in [2.45, 2.75) is 79.9 Å². The standard InChI is InChI=1S/C21H25.C15H10O2.2C10H9.2ClH.Zr/c1-20(2,3)16-7-9-18-14(12-16)11-15-13-17(21(4,5)6)8-10-19(15)18;16-14(12-7-3-1-4-8-12)11-15(17)13-9-5-2-6-10-13;2*1-8-6-9-4-2-3-5-10(9)7-8;;;/h7-10,12H,11H2,1-6H3;1-10H;2*2-7H,1H3;2*1H;/p-2. The number of benzene rings is 6. The van der Waals surface area contributed by atoms with E-state index in [1.165, 1.54) is 70.1 Å². The van der Waals surface area contributed by atoms with E-state index in [1.807, 2.05) is 60.7 Å². The van der Waals surface area contributed by atoms with E-state index in [0.717, 1.165) is 6.42 Å². The second-order valence-electron chi connectivity index (χ2n) is 19.1. The molecule has 0 fully saturated rings. The van der Waals surface area contributed by atoms with Gasteiger partial charge in [-0.1, -0.05) is 0 Å². The van der Waals surface area contributed by atoms with Crippen molar-refractivity contribution >= 4 is 30.2 Å². The summed E-state index contributed by atoms with van der Waals surface area (Å²) in [6.07, 6.45) is 5.47. The number of fused-ring (bicyclic) bond motifs is 5. The molecular formula is C56H53Cl2O2Zr-2. The SMILES string of the molecule is CC1=Cc2ccccc2[CH]1[Zr](=[C](C(=O)c1ccccc1)C(=O)c1ccccc1)([c]1c(C(C)(C)C)ccc2c1Cc1cc(C(C)(C)C)ccc1-2)[CH]1C(C)=Cc2ccccc21.[Cl-].[Cl-]. The maximum absolute atomic E-state index is 16.3. The third-order valence-electron chi connectivity index (χ3n) is 13.3. The molecule has 0 aliphatic heterocycles. The summed E-state index contributed by atoms with van der Waals surface area (Å²) in [7, 11) is 0. The minimum atomic E-state index is -5.24. The van der Waals surface area contributed by atoms with Crippen molar-refractivity contribution in [3.8, 4) is 11.1 Å². The van der Waals surface area contributed by atoms with Crippen LogP contribution in [0.25, 0.3) is 23.3 Å². The molecule has 0 aromatic heterocycles. The van der Waals surface area contributed by atoms with Crippen LogP contribution in [-0.4, -0.2) is 14.8 Å². The summed E-state index contributed by atoms with van der Waals surface area (Å²) < 4.78 is 1.57. The molecule has 2 unspecified atom stereocenters. The molecule has 0 saturated heterocycles. The Morgan fingerprint density at radius 2 is 1.00 bits per heavy atom. The minimum absolute atomic E-state index is 0. The van der Waals surface area contributed by atoms with E-state index in [0.29, 0.717) is 14.3 Å². The van der Waals surface area contributed by atoms with E-state index in [9.17, 15) is 0 Å². The largest absolute Gasteiger partial charge is 1.00 e. The molecule has 2 nitrogen and oxygen atoms in total. The van der Waals surface area contributed by atoms with E-state index < -0.39 is 19.8 Å². The van der Waals surface area contributed by atoms with Crippen molar-refractivity contribution in [3.63, 3.8) is 0 Å². The van der Waals surface area contributed by atoms with Gasteiger partial charge >= 0.3 is 357 Å². The van der Waals surface area contributed by atoms with Gasteiger partial charge in [-0.15, -0.1) is 0 Å². The Bertz CT molecular complexity index is 2710. The Morgan fingerprint density at radius 3 is 1.48 bits per heavy atom. The number of Topliss-reactive ketones (excluding diaryl/α,β-unsaturated/α-hetero) is 2. The molecule has 6 aromatic rings. The Kier molecular flexibility index (Phi) is 12.1. The summed E-state index contributed by atoms with van der Waals surface area (Å²) >= 11 is -5.24. The molecule has 309 valence electrons. The van der Waals surface area contributed by atoms with Gasteiger partial charge in [0, 0.05) is 0 Å². The van der Waals surface area contributed by atoms with Crippen LogP contribution in [0.15, 0.2) is 151 Å². The Balaban J connectivity index is 0.00000281. The van der Waals surface area contributed by atoms with Gasteiger partial charge in [0.05, 0.1) is 0 Å². The quantitative estimate of drug-likeness (QED) is 0.129. The fraction of sp³-hybridized carbons (Fsp3) is 0.232. The van der Waals surface area contributed by atoms with Crippen molar-refractivity contribution < 1.29 is 54.2 Å². The number of carbonyl (C=O) groups is 2. The molecular weight excluding hydrogens is 867 g/mol. The summed E-state index contributed by atoms with van der Waals surface area (Å²) in [5, 5.41) is 0. The Morgan fingerprint density at radius 1 is 0.541 bits per heavy atom. The number of hydrogen-bond donors (Lipinski definition) is 0. The molecule has 0 spiro atoms. The minimum Gasteiger partial charge on any atom is -1.00 e. The Hall–Kier alpha value is -4.53. The van der Waals surface area contributed by atoms with Crippen molar-refractivity contribution in [1.29, 1.82) is 0 Å². The molecule has 6 aromatic carbocycles. The van der Waals surface area contributed by atoms with Crippen molar-refractivity contribution in [1.82, 2.24) is 0 Å². The molecule has 0 N–H and O–H groups in total. The van der Waals surface area contributed by atoms with Crippen molar-refractivity contribution in [3.05, 3.63) is 206 Å². The summed E-state index contributed by atoms with van der Waals surface area (Å²) in [5.74, 6) is -0.264. The number of hydrogen-bond acceptors (Lipinski definition) is 2. The molecule has 0 saturated carbocycles. The van der Waals surface area contributed by atoms with Crippen LogP contribution in [0.3, 0.4) is 0 Å². The average Bonchev–Trinajstić information content (AvgIpc) is 3.88. The van der Waals surface area contributed by atoms with Gasteiger partial charge in [0.15, 0.2) is 0 Å². The van der Waals surface area contributed by atoms with Gasteiger partial charge in [-0.3, -0.25) is 0 Å². The van der Waals surface area contributed by atoms with E-state index in [1.54, 1.807) is 0 Å². The zero-order valence-corrected chi connectivity index (χ0v) is 40.3. The number of ketones is 2. The van der Waals surface area contributed by atoms with Crippen LogP contribution in [0.1, 0.15) is 128 Å². The van der Waals surface area contributed by atoms with Crippen LogP contribution < -0.4 is 28.1 Å². The number of allylic oxidation sites excluding steroid dienone is 2. The Labute approximate surface area is 378 Å². The number of rotatable bonds is 7. The zero-order chi connectivity index (χ0) is 41.4. The third kappa shape index (κ3) is 7.29. The average molecular weight is 920 g/mol. The predicted molar refractivity (Wildman–Crippen MR) is 244 cm³/mol. The maximum Gasteiger partial charge on any atom is -1.00 e. The molecule has 0 heterocycles. The van der Waals surface area contributed by atoms with E-state index in [-0.39, 0.29) is 54.5 Å². The van der Waals surface area contributed by atoms with Gasteiger partial charge < -0.3 is 24.8 Å². The second kappa shape index (κ2) is 16.6. The van der Waals surface area contributed by atoms with Crippen LogP contribution in [0, 0.1) is 0 Å². The molecule has 5 heteroatoms. The van der Waals surface area contributed by atoms with Gasteiger partial charge in [0.1, 0.15) is 0 Å². The smallest absolute Gasteiger partial charge is 1.00 e. The van der Waals surface area contributed by atoms with E-state index >= 15 is 9.59 Å². The third-order valence-corrected chi connectivity index (χ3v) is 28.1. The molecule has 0 amide bonds. The van der Waals surface area contributed by atoms with Crippen LogP contribution in [-0.2, 0) is 37.0 Å². The van der Waals surface area contributed by atoms with Crippen molar-refractivity contribution in [2.75, 3.05) is 0 Å². The second-order valence-corrected chi connectivity index (χ2v) is 28.7. The summed E-state index contributed by atoms with van der Waals surface area (Å²) in [6, 6.07) is 48.7. The fourth-order valence-corrected chi connectivity index (χ4v) is 29.3. The number of carbonyl (C=O) groups excluding carboxylic acids is 2. The molecule has 61 heavy (non-hydrogen) atoms. The van der Waals surface area contributed by atoms with E-state index in [2.05, 4.69) is 146 Å². The molecule has 3 aliphatic rings. The van der Waals surface area contributed by atoms with Gasteiger partial charge in [0.25, 0.3) is 0 Å². The molecule has 0 radical (unpaired) electrons. The maximum atomic E-state index is 16.3. The van der Waals surface area contributed by atoms with Crippen LogP contribution in [0.5, 0.6) is 0 Å². The van der Waals surface area contributed by atoms with Crippen LogP contribution in [0.4, 0.5) is 0 Å². The molecule has 2 atom stereocenters. The summed E-state index contributed by atoms with van der Waals surface area (Å²) in [5.41, 5.74) is 15.8. The van der Waals surface area contributed by atoms with Gasteiger partial charge in [-0.05, 0) is 0 Å². The summed E-state index contributed by atoms with van der Waals surface area (Å²) in [6.45, 7) is 18.4. The van der Waals surface area contributed by atoms with Gasteiger partial charge in [-0.25, -0.2) is 0 Å². The molecule has 9 rings (SSSR count). The molecule has 3 aliphatic carbocycles. The summed E-state index contributed by atoms with van der Waals surface area (Å²) in [4.78, 5) is 32.6. The first kappa shape index (κ1) is 44.5. The normalized spacial score (nSPS) is 17.0. The first-order valence-corrected chi connectivity index (χ1v) is 26.4. The first-order chi connectivity index (χ1) is 28.2.